The molecule has 0 unspecified atom stereocenters. The Morgan fingerprint density at radius 1 is 1.02 bits per heavy atom. The molecule has 0 radical (unpaired) electrons. The lowest BCUT2D eigenvalue weighted by molar-refractivity contribution is -0.137. The summed E-state index contributed by atoms with van der Waals surface area (Å²) in [6.07, 6.45) is -5.07. The Bertz CT molecular complexity index is 1530. The van der Waals surface area contributed by atoms with Crippen LogP contribution in [0.1, 0.15) is 29.8 Å². The van der Waals surface area contributed by atoms with Crippen molar-refractivity contribution >= 4 is 35.0 Å². The van der Waals surface area contributed by atoms with Gasteiger partial charge in [0.15, 0.2) is 0 Å². The van der Waals surface area contributed by atoms with Crippen LogP contribution in [0.4, 0.5) is 39.8 Å². The van der Waals surface area contributed by atoms with Crippen molar-refractivity contribution in [2.45, 2.75) is 32.2 Å². The number of amides is 5. The Morgan fingerprint density at radius 2 is 1.61 bits per heavy atom. The van der Waals surface area contributed by atoms with Crippen LogP contribution in [0.15, 0.2) is 66.7 Å². The summed E-state index contributed by atoms with van der Waals surface area (Å²) in [5.41, 5.74) is 0.200. The van der Waals surface area contributed by atoms with Gasteiger partial charge in [0.1, 0.15) is 17.6 Å². The average molecular weight is 644 g/mol. The van der Waals surface area contributed by atoms with Crippen LogP contribution in [0.5, 0.6) is 11.5 Å². The van der Waals surface area contributed by atoms with E-state index in [0.29, 0.717) is 11.4 Å². The summed E-state index contributed by atoms with van der Waals surface area (Å²) in [4.78, 5) is 42.3. The number of urea groups is 2. The molecule has 3 atom stereocenters. The molecule has 0 saturated carbocycles. The number of carbonyl (C=O) groups is 3. The van der Waals surface area contributed by atoms with Gasteiger partial charge >= 0.3 is 18.2 Å². The predicted molar refractivity (Wildman–Crippen MR) is 166 cm³/mol. The van der Waals surface area contributed by atoms with Gasteiger partial charge in [-0.25, -0.2) is 9.59 Å². The van der Waals surface area contributed by atoms with Gasteiger partial charge in [-0.15, -0.1) is 0 Å². The van der Waals surface area contributed by atoms with E-state index in [9.17, 15) is 32.7 Å². The largest absolute Gasteiger partial charge is 0.497 e. The third-order valence-corrected chi connectivity index (χ3v) is 7.53. The first kappa shape index (κ1) is 33.9. The number of hydrogen-bond acceptors (Lipinski definition) is 6. The van der Waals surface area contributed by atoms with Gasteiger partial charge in [-0.3, -0.25) is 4.79 Å². The number of hydrogen-bond donors (Lipinski definition) is 4. The third kappa shape index (κ3) is 8.38. The smallest absolute Gasteiger partial charge is 0.416 e. The number of carbonyl (C=O) groups excluding carboxylic acids is 3. The number of rotatable bonds is 8. The molecular formula is C32H36F3N5O6. The zero-order chi connectivity index (χ0) is 33.6. The van der Waals surface area contributed by atoms with Gasteiger partial charge in [-0.1, -0.05) is 6.92 Å². The fraction of sp³-hybridized carbons (Fsp3) is 0.344. The molecule has 3 aromatic rings. The highest BCUT2D eigenvalue weighted by atomic mass is 19.4. The van der Waals surface area contributed by atoms with Crippen LogP contribution < -0.4 is 25.4 Å². The molecule has 11 nitrogen and oxygen atoms in total. The molecule has 1 heterocycles. The summed E-state index contributed by atoms with van der Waals surface area (Å²) < 4.78 is 50.0. The van der Waals surface area contributed by atoms with Gasteiger partial charge in [-0.2, -0.15) is 13.2 Å². The van der Waals surface area contributed by atoms with E-state index in [1.165, 1.54) is 28.0 Å². The minimum atomic E-state index is -4.51. The van der Waals surface area contributed by atoms with Crippen LogP contribution in [0, 0.1) is 5.92 Å². The maximum absolute atomic E-state index is 13.7. The van der Waals surface area contributed by atoms with Gasteiger partial charge < -0.3 is 40.3 Å². The van der Waals surface area contributed by atoms with Crippen molar-refractivity contribution < 1.29 is 42.1 Å². The van der Waals surface area contributed by atoms with Crippen LogP contribution in [-0.4, -0.2) is 78.9 Å². The minimum Gasteiger partial charge on any atom is -0.497 e. The number of aliphatic hydroxyl groups excluding tert-OH is 1. The molecule has 1 aliphatic rings. The van der Waals surface area contributed by atoms with Crippen molar-refractivity contribution in [1.29, 1.82) is 0 Å². The van der Waals surface area contributed by atoms with E-state index in [4.69, 9.17) is 9.47 Å². The SMILES string of the molecule is COc1ccc(NC(=O)N(C)C[C@@H]2Oc3ccc(NC(=O)Nc4ccc(C(F)(F)F)cc4)cc3C(=O)N([C@H](C)CO)C[C@@H]2C)cc1. The highest BCUT2D eigenvalue weighted by Crippen LogP contribution is 2.32. The number of alkyl halides is 3. The summed E-state index contributed by atoms with van der Waals surface area (Å²) >= 11 is 0. The number of nitrogens with zero attached hydrogens (tertiary/aromatic N) is 2. The fourth-order valence-electron chi connectivity index (χ4n) is 4.80. The average Bonchev–Trinajstić information content (AvgIpc) is 3.02. The first-order valence-corrected chi connectivity index (χ1v) is 14.4. The molecule has 4 rings (SSSR count). The fourth-order valence-corrected chi connectivity index (χ4v) is 4.80. The van der Waals surface area contributed by atoms with Gasteiger partial charge in [0.25, 0.3) is 5.91 Å². The predicted octanol–water partition coefficient (Wildman–Crippen LogP) is 5.74. The van der Waals surface area contributed by atoms with E-state index >= 15 is 0 Å². The van der Waals surface area contributed by atoms with E-state index in [1.807, 2.05) is 6.92 Å². The molecule has 0 saturated heterocycles. The number of fused-ring (bicyclic) bond motifs is 1. The van der Waals surface area contributed by atoms with Gasteiger partial charge in [0, 0.05) is 36.6 Å². The third-order valence-electron chi connectivity index (χ3n) is 7.53. The molecule has 0 spiro atoms. The van der Waals surface area contributed by atoms with Crippen molar-refractivity contribution in [3.8, 4) is 11.5 Å². The van der Waals surface area contributed by atoms with Crippen molar-refractivity contribution in [3.05, 3.63) is 77.9 Å². The summed E-state index contributed by atoms with van der Waals surface area (Å²) in [6, 6.07) is 13.6. The Labute approximate surface area is 264 Å². The van der Waals surface area contributed by atoms with Crippen LogP contribution in [0.25, 0.3) is 0 Å². The molecule has 0 aliphatic carbocycles. The number of halogens is 3. The lowest BCUT2D eigenvalue weighted by atomic mass is 9.99. The quantitative estimate of drug-likeness (QED) is 0.248. The van der Waals surface area contributed by atoms with Crippen molar-refractivity contribution in [2.24, 2.45) is 5.92 Å². The molecular weight excluding hydrogens is 607 g/mol. The van der Waals surface area contributed by atoms with Gasteiger partial charge in [-0.05, 0) is 73.7 Å². The lowest BCUT2D eigenvalue weighted by Gasteiger charge is -2.38. The lowest BCUT2D eigenvalue weighted by Crippen LogP contribution is -2.50. The Hall–Kier alpha value is -4.98. The maximum atomic E-state index is 13.7. The van der Waals surface area contributed by atoms with E-state index in [0.717, 1.165) is 24.3 Å². The zero-order valence-electron chi connectivity index (χ0n) is 25.7. The monoisotopic (exact) mass is 643 g/mol. The van der Waals surface area contributed by atoms with Crippen LogP contribution in [-0.2, 0) is 6.18 Å². The standard InChI is InChI=1S/C32H36F3N5O6/c1-19-16-40(20(2)18-41)29(42)26-15-24(37-30(43)36-22-7-5-21(6-8-22)32(33,34)35)11-14-27(26)46-28(19)17-39(3)31(44)38-23-9-12-25(45-4)13-10-23/h5-15,19-20,28,41H,16-18H2,1-4H3,(H,38,44)(H2,36,37,43)/t19-,20+,28-/m0/s1. The zero-order valence-corrected chi connectivity index (χ0v) is 25.7. The van der Waals surface area contributed by atoms with Crippen LogP contribution >= 0.6 is 0 Å². The second-order valence-electron chi connectivity index (χ2n) is 11.0. The van der Waals surface area contributed by atoms with E-state index < -0.39 is 35.8 Å². The molecule has 0 fully saturated rings. The molecule has 4 N–H and O–H groups in total. The minimum absolute atomic E-state index is 0.120. The van der Waals surface area contributed by atoms with Gasteiger partial charge in [0.05, 0.1) is 37.4 Å². The highest BCUT2D eigenvalue weighted by Gasteiger charge is 2.34. The van der Waals surface area contributed by atoms with Crippen LogP contribution in [0.3, 0.4) is 0 Å². The van der Waals surface area contributed by atoms with E-state index in [1.54, 1.807) is 45.3 Å². The number of benzene rings is 3. The number of methoxy groups -OCH3 is 1. The maximum Gasteiger partial charge on any atom is 0.416 e. The first-order chi connectivity index (χ1) is 21.8. The second kappa shape index (κ2) is 14.4. The molecule has 246 valence electrons. The Morgan fingerprint density at radius 3 is 2.22 bits per heavy atom. The number of ether oxygens (including phenoxy) is 2. The van der Waals surface area contributed by atoms with Gasteiger partial charge in [0.2, 0.25) is 0 Å². The summed E-state index contributed by atoms with van der Waals surface area (Å²) in [5, 5.41) is 17.8. The van der Waals surface area contributed by atoms with Crippen molar-refractivity contribution in [2.75, 3.05) is 49.8 Å². The number of likely N-dealkylation sites (N-methyl/N-ethyl adjacent to an activating group) is 1. The number of aliphatic hydroxyl groups is 1. The highest BCUT2D eigenvalue weighted by molar-refractivity contribution is 6.02. The normalized spacial score (nSPS) is 17.0. The molecule has 5 amide bonds. The summed E-state index contributed by atoms with van der Waals surface area (Å²) in [7, 11) is 3.17. The van der Waals surface area contributed by atoms with E-state index in [2.05, 4.69) is 16.0 Å². The van der Waals surface area contributed by atoms with E-state index in [-0.39, 0.29) is 54.3 Å². The first-order valence-electron chi connectivity index (χ1n) is 14.4. The Kier molecular flexibility index (Phi) is 10.6. The molecule has 3 aromatic carbocycles. The molecule has 0 aromatic heterocycles. The second-order valence-corrected chi connectivity index (χ2v) is 11.0. The molecule has 0 bridgehead atoms. The summed E-state index contributed by atoms with van der Waals surface area (Å²) in [5.74, 6) is 0.180. The molecule has 1 aliphatic heterocycles. The molecule has 46 heavy (non-hydrogen) atoms. The van der Waals surface area contributed by atoms with Crippen LogP contribution in [0.2, 0.25) is 0 Å². The summed E-state index contributed by atoms with van der Waals surface area (Å²) in [6.45, 7) is 3.67. The number of nitrogens with one attached hydrogen (secondary N) is 3. The van der Waals surface area contributed by atoms with Crippen molar-refractivity contribution in [3.63, 3.8) is 0 Å². The number of anilines is 3. The van der Waals surface area contributed by atoms with Crippen molar-refractivity contribution in [1.82, 2.24) is 9.80 Å². The molecule has 14 heteroatoms. The topological polar surface area (TPSA) is 132 Å². The Balaban J connectivity index is 1.51.